The molecular formula is C17H15ClFNO3. The number of nitrogens with one attached hydrogen (secondary N) is 1. The van der Waals surface area contributed by atoms with Crippen molar-refractivity contribution in [2.75, 3.05) is 5.32 Å². The normalized spacial score (nSPS) is 11.7. The van der Waals surface area contributed by atoms with E-state index >= 15 is 0 Å². The van der Waals surface area contributed by atoms with Crippen LogP contribution in [0.3, 0.4) is 0 Å². The summed E-state index contributed by atoms with van der Waals surface area (Å²) < 4.78 is 17.9. The number of anilines is 1. The molecule has 0 radical (unpaired) electrons. The van der Waals surface area contributed by atoms with E-state index in [1.165, 1.54) is 19.1 Å². The average molecular weight is 336 g/mol. The quantitative estimate of drug-likeness (QED) is 0.860. The molecule has 2 aromatic rings. The molecule has 4 nitrogen and oxygen atoms in total. The molecule has 0 saturated heterocycles. The number of aryl methyl sites for hydroxylation is 1. The molecule has 2 rings (SSSR count). The van der Waals surface area contributed by atoms with E-state index in [0.29, 0.717) is 10.7 Å². The van der Waals surface area contributed by atoms with E-state index in [1.807, 2.05) is 6.92 Å². The summed E-state index contributed by atoms with van der Waals surface area (Å²) >= 11 is 5.99. The number of esters is 1. The minimum atomic E-state index is -1.01. The van der Waals surface area contributed by atoms with Crippen LogP contribution in [0.5, 0.6) is 0 Å². The fourth-order valence-electron chi connectivity index (χ4n) is 1.78. The first kappa shape index (κ1) is 17.0. The standard InChI is InChI=1S/C17H15ClFNO3/c1-10-3-8-14(9-15(10)18)20-16(21)11(2)23-17(22)12-4-6-13(19)7-5-12/h3-9,11H,1-2H3,(H,20,21). The highest BCUT2D eigenvalue weighted by Gasteiger charge is 2.19. The van der Waals surface area contributed by atoms with Crippen molar-refractivity contribution >= 4 is 29.2 Å². The lowest BCUT2D eigenvalue weighted by atomic mass is 10.2. The number of carbonyl (C=O) groups excluding carboxylic acids is 2. The molecule has 0 aliphatic heterocycles. The van der Waals surface area contributed by atoms with Gasteiger partial charge in [0.15, 0.2) is 6.10 Å². The molecule has 0 saturated carbocycles. The van der Waals surface area contributed by atoms with Crippen LogP contribution in [0.25, 0.3) is 0 Å². The lowest BCUT2D eigenvalue weighted by Crippen LogP contribution is -2.30. The van der Waals surface area contributed by atoms with Crippen LogP contribution in [0.4, 0.5) is 10.1 Å². The van der Waals surface area contributed by atoms with Crippen LogP contribution >= 0.6 is 11.6 Å². The van der Waals surface area contributed by atoms with E-state index in [9.17, 15) is 14.0 Å². The molecule has 6 heteroatoms. The third-order valence-electron chi connectivity index (χ3n) is 3.17. The number of hydrogen-bond acceptors (Lipinski definition) is 3. The Morgan fingerprint density at radius 3 is 2.43 bits per heavy atom. The molecule has 0 fully saturated rings. The molecule has 2 aromatic carbocycles. The molecule has 0 heterocycles. The van der Waals surface area contributed by atoms with Crippen LogP contribution in [0.1, 0.15) is 22.8 Å². The van der Waals surface area contributed by atoms with Gasteiger partial charge in [-0.15, -0.1) is 0 Å². The van der Waals surface area contributed by atoms with Crippen molar-refractivity contribution in [3.63, 3.8) is 0 Å². The Labute approximate surface area is 138 Å². The smallest absolute Gasteiger partial charge is 0.338 e. The van der Waals surface area contributed by atoms with Crippen molar-refractivity contribution in [3.8, 4) is 0 Å². The first-order chi connectivity index (χ1) is 10.9. The Hall–Kier alpha value is -2.40. The number of hydrogen-bond donors (Lipinski definition) is 1. The van der Waals surface area contributed by atoms with Gasteiger partial charge in [0.2, 0.25) is 0 Å². The Bertz CT molecular complexity index is 731. The van der Waals surface area contributed by atoms with Gasteiger partial charge >= 0.3 is 5.97 Å². The van der Waals surface area contributed by atoms with Crippen LogP contribution in [0.2, 0.25) is 5.02 Å². The summed E-state index contributed by atoms with van der Waals surface area (Å²) in [7, 11) is 0. The van der Waals surface area contributed by atoms with Crippen LogP contribution in [-0.4, -0.2) is 18.0 Å². The van der Waals surface area contributed by atoms with E-state index in [4.69, 9.17) is 16.3 Å². The van der Waals surface area contributed by atoms with Gasteiger partial charge in [0.1, 0.15) is 5.82 Å². The van der Waals surface area contributed by atoms with Crippen molar-refractivity contribution in [3.05, 3.63) is 64.4 Å². The topological polar surface area (TPSA) is 55.4 Å². The lowest BCUT2D eigenvalue weighted by Gasteiger charge is -2.14. The maximum Gasteiger partial charge on any atom is 0.338 e. The minimum absolute atomic E-state index is 0.171. The second kappa shape index (κ2) is 7.24. The zero-order valence-corrected chi connectivity index (χ0v) is 13.4. The zero-order valence-electron chi connectivity index (χ0n) is 12.6. The molecule has 120 valence electrons. The first-order valence-corrected chi connectivity index (χ1v) is 7.28. The third-order valence-corrected chi connectivity index (χ3v) is 3.58. The number of benzene rings is 2. The summed E-state index contributed by atoms with van der Waals surface area (Å²) in [5.41, 5.74) is 1.57. The van der Waals surface area contributed by atoms with Gasteiger partial charge in [0.05, 0.1) is 5.56 Å². The Morgan fingerprint density at radius 2 is 1.83 bits per heavy atom. The highest BCUT2D eigenvalue weighted by atomic mass is 35.5. The number of halogens is 2. The fourth-order valence-corrected chi connectivity index (χ4v) is 1.96. The maximum atomic E-state index is 12.8. The summed E-state index contributed by atoms with van der Waals surface area (Å²) in [5.74, 6) is -1.64. The second-order valence-corrected chi connectivity index (χ2v) is 5.41. The van der Waals surface area contributed by atoms with Crippen molar-refractivity contribution < 1.29 is 18.7 Å². The van der Waals surface area contributed by atoms with Crippen molar-refractivity contribution in [2.45, 2.75) is 20.0 Å². The SMILES string of the molecule is Cc1ccc(NC(=O)C(C)OC(=O)c2ccc(F)cc2)cc1Cl. The molecule has 0 bridgehead atoms. The Morgan fingerprint density at radius 1 is 1.17 bits per heavy atom. The Kier molecular flexibility index (Phi) is 5.34. The van der Waals surface area contributed by atoms with E-state index in [1.54, 1.807) is 18.2 Å². The van der Waals surface area contributed by atoms with Crippen molar-refractivity contribution in [1.82, 2.24) is 0 Å². The second-order valence-electron chi connectivity index (χ2n) is 5.01. The molecule has 0 spiro atoms. The number of carbonyl (C=O) groups is 2. The molecule has 1 amide bonds. The van der Waals surface area contributed by atoms with Crippen LogP contribution in [-0.2, 0) is 9.53 Å². The number of rotatable bonds is 4. The van der Waals surface area contributed by atoms with Crippen LogP contribution < -0.4 is 5.32 Å². The van der Waals surface area contributed by atoms with Gasteiger partial charge in [-0.05, 0) is 55.8 Å². The zero-order chi connectivity index (χ0) is 17.0. The van der Waals surface area contributed by atoms with E-state index in [-0.39, 0.29) is 5.56 Å². The summed E-state index contributed by atoms with van der Waals surface area (Å²) in [6.07, 6.45) is -1.01. The predicted octanol–water partition coefficient (Wildman–Crippen LogP) is 3.97. The number of amides is 1. The van der Waals surface area contributed by atoms with Crippen molar-refractivity contribution in [2.24, 2.45) is 0 Å². The van der Waals surface area contributed by atoms with Gasteiger partial charge < -0.3 is 10.1 Å². The van der Waals surface area contributed by atoms with Crippen LogP contribution in [0.15, 0.2) is 42.5 Å². The summed E-state index contributed by atoms with van der Waals surface area (Å²) in [5, 5.41) is 3.14. The molecule has 1 unspecified atom stereocenters. The lowest BCUT2D eigenvalue weighted by molar-refractivity contribution is -0.123. The molecule has 1 N–H and O–H groups in total. The van der Waals surface area contributed by atoms with Crippen LogP contribution in [0, 0.1) is 12.7 Å². The third kappa shape index (κ3) is 4.53. The molecule has 1 atom stereocenters. The molecular weight excluding hydrogens is 321 g/mol. The monoisotopic (exact) mass is 335 g/mol. The largest absolute Gasteiger partial charge is 0.449 e. The Balaban J connectivity index is 1.97. The maximum absolute atomic E-state index is 12.8. The average Bonchev–Trinajstić information content (AvgIpc) is 2.51. The first-order valence-electron chi connectivity index (χ1n) is 6.90. The van der Waals surface area contributed by atoms with E-state index < -0.39 is 23.8 Å². The van der Waals surface area contributed by atoms with E-state index in [2.05, 4.69) is 5.32 Å². The predicted molar refractivity (Wildman–Crippen MR) is 86.1 cm³/mol. The van der Waals surface area contributed by atoms with Gasteiger partial charge in [0, 0.05) is 10.7 Å². The molecule has 0 aromatic heterocycles. The van der Waals surface area contributed by atoms with E-state index in [0.717, 1.165) is 17.7 Å². The summed E-state index contributed by atoms with van der Waals surface area (Å²) in [4.78, 5) is 23.9. The summed E-state index contributed by atoms with van der Waals surface area (Å²) in [6, 6.07) is 9.97. The summed E-state index contributed by atoms with van der Waals surface area (Å²) in [6.45, 7) is 3.30. The van der Waals surface area contributed by atoms with Gasteiger partial charge in [-0.1, -0.05) is 17.7 Å². The van der Waals surface area contributed by atoms with Gasteiger partial charge in [-0.25, -0.2) is 9.18 Å². The fraction of sp³-hybridized carbons (Fsp3) is 0.176. The number of ether oxygens (including phenoxy) is 1. The van der Waals surface area contributed by atoms with Gasteiger partial charge in [0.25, 0.3) is 5.91 Å². The van der Waals surface area contributed by atoms with Gasteiger partial charge in [-0.3, -0.25) is 4.79 Å². The van der Waals surface area contributed by atoms with Crippen molar-refractivity contribution in [1.29, 1.82) is 0 Å². The molecule has 23 heavy (non-hydrogen) atoms. The molecule has 0 aliphatic carbocycles. The van der Waals surface area contributed by atoms with Gasteiger partial charge in [-0.2, -0.15) is 0 Å². The highest BCUT2D eigenvalue weighted by Crippen LogP contribution is 2.20. The minimum Gasteiger partial charge on any atom is -0.449 e. The molecule has 0 aliphatic rings. The highest BCUT2D eigenvalue weighted by molar-refractivity contribution is 6.31.